The van der Waals surface area contributed by atoms with Gasteiger partial charge >= 0.3 is 0 Å². The number of allylic oxidation sites excluding steroid dienone is 1. The minimum absolute atomic E-state index is 0.112. The van der Waals surface area contributed by atoms with Gasteiger partial charge in [0.15, 0.2) is 0 Å². The lowest BCUT2D eigenvalue weighted by molar-refractivity contribution is -0.120. The van der Waals surface area contributed by atoms with Crippen LogP contribution in [0.2, 0.25) is 0 Å². The second kappa shape index (κ2) is 4.09. The molecule has 3 heteroatoms. The normalized spacial score (nSPS) is 8.67. The van der Waals surface area contributed by atoms with Gasteiger partial charge in [0.05, 0.1) is 13.0 Å². The van der Waals surface area contributed by atoms with E-state index in [-0.39, 0.29) is 18.9 Å². The third kappa shape index (κ3) is 5.03. The highest BCUT2D eigenvalue weighted by Crippen LogP contribution is 1.81. The first-order chi connectivity index (χ1) is 4.16. The first-order valence-corrected chi connectivity index (χ1v) is 2.73. The summed E-state index contributed by atoms with van der Waals surface area (Å²) in [7, 11) is 0. The fraction of sp³-hybridized carbons (Fsp3) is 0.500. The number of carbonyl (C=O) groups is 1. The standard InChI is InChI=1S/C6H11NO2/c1-5(2)7-6(9)3-4-8/h8H,1,3-4H2,2H3,(H,7,9). The fourth-order valence-corrected chi connectivity index (χ4v) is 0.402. The summed E-state index contributed by atoms with van der Waals surface area (Å²) in [5.41, 5.74) is 0.605. The summed E-state index contributed by atoms with van der Waals surface area (Å²) in [6.45, 7) is 5.04. The van der Waals surface area contributed by atoms with E-state index in [1.54, 1.807) is 6.92 Å². The van der Waals surface area contributed by atoms with Gasteiger partial charge in [-0.2, -0.15) is 0 Å². The number of nitrogens with one attached hydrogen (secondary N) is 1. The fourth-order valence-electron chi connectivity index (χ4n) is 0.402. The van der Waals surface area contributed by atoms with Crippen molar-refractivity contribution in [1.82, 2.24) is 5.32 Å². The topological polar surface area (TPSA) is 49.3 Å². The van der Waals surface area contributed by atoms with Crippen LogP contribution in [0.5, 0.6) is 0 Å². The van der Waals surface area contributed by atoms with Gasteiger partial charge in [-0.3, -0.25) is 4.79 Å². The molecule has 9 heavy (non-hydrogen) atoms. The summed E-state index contributed by atoms with van der Waals surface area (Å²) in [5.74, 6) is -0.190. The zero-order valence-corrected chi connectivity index (χ0v) is 5.48. The monoisotopic (exact) mass is 129 g/mol. The molecule has 0 radical (unpaired) electrons. The van der Waals surface area contributed by atoms with E-state index in [1.165, 1.54) is 0 Å². The molecule has 0 fully saturated rings. The molecule has 0 bridgehead atoms. The highest BCUT2D eigenvalue weighted by molar-refractivity contribution is 5.77. The van der Waals surface area contributed by atoms with Crippen LogP contribution in [0.3, 0.4) is 0 Å². The van der Waals surface area contributed by atoms with Crippen molar-refractivity contribution in [3.05, 3.63) is 12.3 Å². The predicted molar refractivity (Wildman–Crippen MR) is 34.7 cm³/mol. The Hall–Kier alpha value is -0.830. The number of rotatable bonds is 3. The Morgan fingerprint density at radius 3 is 2.67 bits per heavy atom. The molecule has 0 atom stereocenters. The van der Waals surface area contributed by atoms with E-state index in [0.29, 0.717) is 5.70 Å². The molecule has 0 saturated heterocycles. The van der Waals surface area contributed by atoms with Crippen LogP contribution in [0.4, 0.5) is 0 Å². The van der Waals surface area contributed by atoms with Gasteiger partial charge in [0, 0.05) is 5.70 Å². The largest absolute Gasteiger partial charge is 0.396 e. The van der Waals surface area contributed by atoms with E-state index in [0.717, 1.165) is 0 Å². The molecule has 0 aromatic carbocycles. The van der Waals surface area contributed by atoms with Crippen LogP contribution < -0.4 is 5.32 Å². The Morgan fingerprint density at radius 2 is 2.33 bits per heavy atom. The first-order valence-electron chi connectivity index (χ1n) is 2.73. The van der Waals surface area contributed by atoms with E-state index in [1.807, 2.05) is 0 Å². The SMILES string of the molecule is C=C(C)NC(=O)CCO. The molecule has 0 aromatic rings. The Bertz CT molecular complexity index is 120. The van der Waals surface area contributed by atoms with Gasteiger partial charge in [-0.05, 0) is 6.92 Å². The molecule has 0 aliphatic heterocycles. The molecule has 0 spiro atoms. The molecule has 0 aliphatic rings. The zero-order valence-electron chi connectivity index (χ0n) is 5.48. The molecular weight excluding hydrogens is 118 g/mol. The summed E-state index contributed by atoms with van der Waals surface area (Å²) in [6, 6.07) is 0. The van der Waals surface area contributed by atoms with E-state index < -0.39 is 0 Å². The third-order valence-electron chi connectivity index (χ3n) is 0.692. The van der Waals surface area contributed by atoms with Crippen molar-refractivity contribution < 1.29 is 9.90 Å². The maximum Gasteiger partial charge on any atom is 0.226 e. The van der Waals surface area contributed by atoms with Crippen LogP contribution in [0.25, 0.3) is 0 Å². The smallest absolute Gasteiger partial charge is 0.226 e. The first kappa shape index (κ1) is 8.17. The van der Waals surface area contributed by atoms with Crippen molar-refractivity contribution >= 4 is 5.91 Å². The summed E-state index contributed by atoms with van der Waals surface area (Å²) >= 11 is 0. The highest BCUT2D eigenvalue weighted by atomic mass is 16.3. The second-order valence-electron chi connectivity index (χ2n) is 1.80. The van der Waals surface area contributed by atoms with Crippen LogP contribution in [0, 0.1) is 0 Å². The highest BCUT2D eigenvalue weighted by Gasteiger charge is 1.96. The van der Waals surface area contributed by atoms with Crippen molar-refractivity contribution in [3.63, 3.8) is 0 Å². The van der Waals surface area contributed by atoms with E-state index in [2.05, 4.69) is 11.9 Å². The quantitative estimate of drug-likeness (QED) is 0.564. The van der Waals surface area contributed by atoms with Crippen LogP contribution in [-0.4, -0.2) is 17.6 Å². The maximum absolute atomic E-state index is 10.5. The molecule has 0 aliphatic carbocycles. The maximum atomic E-state index is 10.5. The van der Waals surface area contributed by atoms with Gasteiger partial charge < -0.3 is 10.4 Å². The number of aliphatic hydroxyl groups is 1. The molecule has 0 unspecified atom stereocenters. The third-order valence-corrected chi connectivity index (χ3v) is 0.692. The molecule has 3 nitrogen and oxygen atoms in total. The Balaban J connectivity index is 3.39. The van der Waals surface area contributed by atoms with Crippen LogP contribution in [0.15, 0.2) is 12.3 Å². The Morgan fingerprint density at radius 1 is 1.78 bits per heavy atom. The lowest BCUT2D eigenvalue weighted by Gasteiger charge is -1.99. The van der Waals surface area contributed by atoms with E-state index >= 15 is 0 Å². The van der Waals surface area contributed by atoms with Crippen molar-refractivity contribution in [2.24, 2.45) is 0 Å². The van der Waals surface area contributed by atoms with Gasteiger partial charge in [0.25, 0.3) is 0 Å². The van der Waals surface area contributed by atoms with Crippen LogP contribution in [0.1, 0.15) is 13.3 Å². The van der Waals surface area contributed by atoms with Crippen LogP contribution in [-0.2, 0) is 4.79 Å². The van der Waals surface area contributed by atoms with Gasteiger partial charge in [-0.1, -0.05) is 6.58 Å². The van der Waals surface area contributed by atoms with Crippen molar-refractivity contribution in [1.29, 1.82) is 0 Å². The van der Waals surface area contributed by atoms with Gasteiger partial charge in [-0.25, -0.2) is 0 Å². The Labute approximate surface area is 54.4 Å². The molecule has 1 amide bonds. The van der Waals surface area contributed by atoms with Gasteiger partial charge in [-0.15, -0.1) is 0 Å². The van der Waals surface area contributed by atoms with E-state index in [4.69, 9.17) is 5.11 Å². The van der Waals surface area contributed by atoms with E-state index in [9.17, 15) is 4.79 Å². The average molecular weight is 129 g/mol. The molecule has 0 saturated carbocycles. The lowest BCUT2D eigenvalue weighted by Crippen LogP contribution is -2.21. The number of amides is 1. The zero-order chi connectivity index (χ0) is 7.28. The van der Waals surface area contributed by atoms with Crippen LogP contribution >= 0.6 is 0 Å². The molecule has 0 aromatic heterocycles. The molecule has 52 valence electrons. The summed E-state index contributed by atoms with van der Waals surface area (Å²) in [5, 5.41) is 10.7. The summed E-state index contributed by atoms with van der Waals surface area (Å²) < 4.78 is 0. The molecule has 0 rings (SSSR count). The van der Waals surface area contributed by atoms with Crippen molar-refractivity contribution in [2.75, 3.05) is 6.61 Å². The minimum atomic E-state index is -0.190. The number of carbonyl (C=O) groups excluding carboxylic acids is 1. The molecule has 0 heterocycles. The predicted octanol–water partition coefficient (Wildman–Crippen LogP) is 0.0186. The minimum Gasteiger partial charge on any atom is -0.396 e. The molecular formula is C6H11NO2. The van der Waals surface area contributed by atoms with Crippen molar-refractivity contribution in [3.8, 4) is 0 Å². The lowest BCUT2D eigenvalue weighted by atomic mass is 10.4. The van der Waals surface area contributed by atoms with Gasteiger partial charge in [0.2, 0.25) is 5.91 Å². The van der Waals surface area contributed by atoms with Gasteiger partial charge in [0.1, 0.15) is 0 Å². The average Bonchev–Trinajstić information content (AvgIpc) is 1.63. The molecule has 2 N–H and O–H groups in total. The number of aliphatic hydroxyl groups excluding tert-OH is 1. The summed E-state index contributed by atoms with van der Waals surface area (Å²) in [6.07, 6.45) is 0.146. The number of hydrogen-bond acceptors (Lipinski definition) is 2. The second-order valence-corrected chi connectivity index (χ2v) is 1.80. The van der Waals surface area contributed by atoms with Crippen molar-refractivity contribution in [2.45, 2.75) is 13.3 Å². The summed E-state index contributed by atoms with van der Waals surface area (Å²) in [4.78, 5) is 10.5. The Kier molecular flexibility index (Phi) is 3.71. The number of hydrogen-bond donors (Lipinski definition) is 2.